The Morgan fingerprint density at radius 3 is 0.876 bits per heavy atom. The summed E-state index contributed by atoms with van der Waals surface area (Å²) in [5, 5.41) is 11.9. The van der Waals surface area contributed by atoms with E-state index < -0.39 is 24.3 Å². The Labute approximate surface area is 601 Å². The van der Waals surface area contributed by atoms with Gasteiger partial charge in [0.15, 0.2) is 12.4 Å². The average Bonchev–Trinajstić information content (AvgIpc) is 2.39. The van der Waals surface area contributed by atoms with Gasteiger partial charge in [-0.15, -0.1) is 0 Å². The highest BCUT2D eigenvalue weighted by Gasteiger charge is 2.22. The van der Waals surface area contributed by atoms with E-state index in [2.05, 4.69) is 98.9 Å². The highest BCUT2D eigenvalue weighted by molar-refractivity contribution is 5.70. The summed E-state index contributed by atoms with van der Waals surface area (Å²) < 4.78 is 22.9. The van der Waals surface area contributed by atoms with E-state index in [1.54, 1.807) is 0 Å². The smallest absolute Gasteiger partial charge is 0.306 e. The average molecular weight is 1360 g/mol. The molecule has 0 aromatic carbocycles. The minimum atomic E-state index is -1.62. The number of carbonyl (C=O) groups is 3. The topological polar surface area (TPSA) is 111 Å². The molecule has 0 aromatic heterocycles. The highest BCUT2D eigenvalue weighted by Crippen LogP contribution is 2.20. The third-order valence-corrected chi connectivity index (χ3v) is 18.6. The predicted molar refractivity (Wildman–Crippen MR) is 417 cm³/mol. The van der Waals surface area contributed by atoms with Crippen molar-refractivity contribution in [3.05, 3.63) is 85.1 Å². The molecule has 0 fully saturated rings. The molecule has 9 heteroatoms. The summed E-state index contributed by atoms with van der Waals surface area (Å²) >= 11 is 0. The molecule has 0 aliphatic carbocycles. The number of unbranched alkanes of at least 4 members (excludes halogenated alkanes) is 49. The second kappa shape index (κ2) is 78.2. The highest BCUT2D eigenvalue weighted by atomic mass is 16.7. The molecule has 0 heterocycles. The number of hydrogen-bond acceptors (Lipinski definition) is 8. The fourth-order valence-corrected chi connectivity index (χ4v) is 12.3. The van der Waals surface area contributed by atoms with Gasteiger partial charge in [-0.1, -0.05) is 381 Å². The molecule has 0 amide bonds. The standard InChI is InChI=1S/C88H159NO8/c1-6-8-10-12-14-16-18-20-22-24-26-28-30-32-34-36-38-40-41-42-43-44-45-47-49-51-53-55-57-59-61-63-65-67-69-71-73-75-77-79-86(91)97-84(83-96-88(87(92)93)94-81-80-89(3,4)5)82-95-85(90)78-76-74-72-70-68-66-64-62-60-58-56-54-52-50-48-46-39-37-35-33-31-29-27-25-23-21-19-17-15-13-11-9-7-2/h8,10,14,16,19-22,25-28,32,34,84,88H,6-7,9,11-13,15,17-18,23-24,29-31,33,35-83H2,1-5H3/b10-8-,16-14-,21-19-,22-20-,27-25-,28-26-,34-32-. The Kier molecular flexibility index (Phi) is 75.3. The number of hydrogen-bond donors (Lipinski definition) is 0. The zero-order valence-electron chi connectivity index (χ0n) is 64.7. The SMILES string of the molecule is CC/C=C\C/C=C\C/C=C\C/C=C\C/C=C\CCCCCCCCCCCCCCCCCCCCCCCCCC(=O)OC(COC(=O)CCCCCCCCCCCCCCCCCCCCCCC/C=C\C/C=C\CCCCCCC)COC(OCC[N+](C)(C)C)C(=O)[O-]. The molecule has 0 radical (unpaired) electrons. The van der Waals surface area contributed by atoms with Crippen molar-refractivity contribution in [2.75, 3.05) is 47.5 Å². The van der Waals surface area contributed by atoms with Crippen LogP contribution in [0, 0.1) is 0 Å². The van der Waals surface area contributed by atoms with Crippen LogP contribution in [0.2, 0.25) is 0 Å². The first-order valence-electron chi connectivity index (χ1n) is 41.7. The van der Waals surface area contributed by atoms with Crippen molar-refractivity contribution in [3.8, 4) is 0 Å². The van der Waals surface area contributed by atoms with Crippen LogP contribution in [0.25, 0.3) is 0 Å². The quantitative estimate of drug-likeness (QED) is 0.0195. The van der Waals surface area contributed by atoms with Gasteiger partial charge in [-0.3, -0.25) is 9.59 Å². The van der Waals surface area contributed by atoms with Gasteiger partial charge in [0, 0.05) is 12.8 Å². The number of allylic oxidation sites excluding steroid dienone is 14. The number of likely N-dealkylation sites (N-methyl/N-ethyl adjacent to an activating group) is 1. The van der Waals surface area contributed by atoms with E-state index in [-0.39, 0.29) is 32.2 Å². The Bertz CT molecular complexity index is 1870. The molecule has 0 saturated heterocycles. The summed E-state index contributed by atoms with van der Waals surface area (Å²) in [5.41, 5.74) is 0. The Morgan fingerprint density at radius 2 is 0.588 bits per heavy atom. The van der Waals surface area contributed by atoms with E-state index in [4.69, 9.17) is 18.9 Å². The maximum atomic E-state index is 13.0. The number of quaternary nitrogens is 1. The predicted octanol–water partition coefficient (Wildman–Crippen LogP) is 25.6. The largest absolute Gasteiger partial charge is 0.545 e. The van der Waals surface area contributed by atoms with Crippen LogP contribution in [0.3, 0.4) is 0 Å². The number of carbonyl (C=O) groups excluding carboxylic acids is 3. The molecule has 564 valence electrons. The van der Waals surface area contributed by atoms with Crippen molar-refractivity contribution in [3.63, 3.8) is 0 Å². The second-order valence-electron chi connectivity index (χ2n) is 29.4. The molecule has 0 bridgehead atoms. The van der Waals surface area contributed by atoms with Gasteiger partial charge in [-0.2, -0.15) is 0 Å². The lowest BCUT2D eigenvalue weighted by Gasteiger charge is -2.26. The lowest BCUT2D eigenvalue weighted by molar-refractivity contribution is -0.870. The Hall–Kier alpha value is -3.53. The summed E-state index contributed by atoms with van der Waals surface area (Å²) in [5.74, 6) is -2.25. The number of aliphatic carboxylic acids is 1. The Balaban J connectivity index is 3.96. The molecular formula is C88H159NO8. The first-order chi connectivity index (χ1) is 47.6. The molecule has 2 unspecified atom stereocenters. The maximum Gasteiger partial charge on any atom is 0.306 e. The van der Waals surface area contributed by atoms with Gasteiger partial charge in [-0.05, 0) is 89.9 Å². The van der Waals surface area contributed by atoms with Crippen LogP contribution in [0.15, 0.2) is 85.1 Å². The zero-order valence-corrected chi connectivity index (χ0v) is 64.7. The molecule has 0 aliphatic heterocycles. The summed E-state index contributed by atoms with van der Waals surface area (Å²) in [6.45, 7) is 4.69. The minimum Gasteiger partial charge on any atom is -0.545 e. The molecular weight excluding hydrogens is 1200 g/mol. The summed E-state index contributed by atoms with van der Waals surface area (Å²) in [6.07, 6.45) is 104. The van der Waals surface area contributed by atoms with E-state index in [1.807, 2.05) is 21.1 Å². The van der Waals surface area contributed by atoms with Crippen molar-refractivity contribution >= 4 is 17.9 Å². The van der Waals surface area contributed by atoms with Crippen molar-refractivity contribution in [2.24, 2.45) is 0 Å². The summed E-state index contributed by atoms with van der Waals surface area (Å²) in [6, 6.07) is 0. The van der Waals surface area contributed by atoms with E-state index in [0.717, 1.165) is 70.6 Å². The van der Waals surface area contributed by atoms with Gasteiger partial charge in [0.2, 0.25) is 0 Å². The molecule has 2 atom stereocenters. The van der Waals surface area contributed by atoms with E-state index in [0.29, 0.717) is 23.9 Å². The molecule has 0 spiro atoms. The van der Waals surface area contributed by atoms with Crippen LogP contribution in [0.4, 0.5) is 0 Å². The van der Waals surface area contributed by atoms with E-state index in [1.165, 1.54) is 295 Å². The number of rotatable bonds is 78. The van der Waals surface area contributed by atoms with Crippen LogP contribution in [0.5, 0.6) is 0 Å². The third kappa shape index (κ3) is 79.7. The van der Waals surface area contributed by atoms with Gasteiger partial charge in [-0.25, -0.2) is 0 Å². The van der Waals surface area contributed by atoms with E-state index in [9.17, 15) is 19.5 Å². The van der Waals surface area contributed by atoms with Gasteiger partial charge >= 0.3 is 11.9 Å². The van der Waals surface area contributed by atoms with Crippen LogP contribution in [-0.4, -0.2) is 82.3 Å². The number of carboxylic acid groups (broad SMARTS) is 1. The second-order valence-corrected chi connectivity index (χ2v) is 29.4. The van der Waals surface area contributed by atoms with Crippen molar-refractivity contribution in [2.45, 2.75) is 411 Å². The number of nitrogens with zero attached hydrogens (tertiary/aromatic N) is 1. The van der Waals surface area contributed by atoms with Crippen LogP contribution in [0.1, 0.15) is 399 Å². The van der Waals surface area contributed by atoms with Crippen LogP contribution in [-0.2, 0) is 33.3 Å². The molecule has 0 saturated carbocycles. The number of carboxylic acids is 1. The van der Waals surface area contributed by atoms with Crippen LogP contribution < -0.4 is 5.11 Å². The first-order valence-corrected chi connectivity index (χ1v) is 41.7. The number of ether oxygens (including phenoxy) is 4. The molecule has 0 aromatic rings. The molecule has 0 N–H and O–H groups in total. The molecule has 0 rings (SSSR count). The minimum absolute atomic E-state index is 0.149. The zero-order chi connectivity index (χ0) is 70.4. The summed E-state index contributed by atoms with van der Waals surface area (Å²) in [7, 11) is 5.95. The third-order valence-electron chi connectivity index (χ3n) is 18.6. The number of esters is 2. The van der Waals surface area contributed by atoms with Gasteiger partial charge in [0.1, 0.15) is 13.2 Å². The van der Waals surface area contributed by atoms with Crippen molar-refractivity contribution < 1.29 is 42.9 Å². The Morgan fingerprint density at radius 1 is 0.320 bits per heavy atom. The molecule has 9 nitrogen and oxygen atoms in total. The molecule has 97 heavy (non-hydrogen) atoms. The van der Waals surface area contributed by atoms with Crippen molar-refractivity contribution in [1.82, 2.24) is 0 Å². The fraction of sp³-hybridized carbons (Fsp3) is 0.807. The van der Waals surface area contributed by atoms with Gasteiger partial charge in [0.05, 0.1) is 40.3 Å². The fourth-order valence-electron chi connectivity index (χ4n) is 12.3. The molecule has 0 aliphatic rings. The normalized spacial score (nSPS) is 13.0. The monoisotopic (exact) mass is 1360 g/mol. The lowest BCUT2D eigenvalue weighted by Crippen LogP contribution is -2.44. The summed E-state index contributed by atoms with van der Waals surface area (Å²) in [4.78, 5) is 37.6. The van der Waals surface area contributed by atoms with Crippen molar-refractivity contribution in [1.29, 1.82) is 0 Å². The maximum absolute atomic E-state index is 13.0. The lowest BCUT2D eigenvalue weighted by atomic mass is 10.0. The van der Waals surface area contributed by atoms with E-state index >= 15 is 0 Å². The van der Waals surface area contributed by atoms with Crippen LogP contribution >= 0.6 is 0 Å². The van der Waals surface area contributed by atoms with Gasteiger partial charge in [0.25, 0.3) is 0 Å². The van der Waals surface area contributed by atoms with Gasteiger partial charge < -0.3 is 33.3 Å². The first kappa shape index (κ1) is 93.5.